The van der Waals surface area contributed by atoms with E-state index in [4.69, 9.17) is 14.2 Å². The lowest BCUT2D eigenvalue weighted by atomic mass is 10.2. The largest absolute Gasteiger partial charge is 0.424 e. The molecular weight excluding hydrogens is 196 g/mol. The number of rotatable bonds is 2. The Labute approximate surface area is 87.8 Å². The lowest BCUT2D eigenvalue weighted by molar-refractivity contribution is -0.143. The van der Waals surface area contributed by atoms with Crippen LogP contribution in [0.5, 0.6) is 5.75 Å². The maximum Gasteiger partial charge on any atom is 0.343 e. The first-order valence-corrected chi connectivity index (χ1v) is 4.74. The standard InChI is InChI=1S/C11H12O4/c1-8-4-2-3-5-9(8)15-11(12)10-6-13-7-14-10/h2-5,10H,6-7H2,1H3. The van der Waals surface area contributed by atoms with E-state index in [2.05, 4.69) is 0 Å². The van der Waals surface area contributed by atoms with Crippen LogP contribution in [0.25, 0.3) is 0 Å². The zero-order valence-corrected chi connectivity index (χ0v) is 8.43. The van der Waals surface area contributed by atoms with Gasteiger partial charge in [-0.3, -0.25) is 0 Å². The summed E-state index contributed by atoms with van der Waals surface area (Å²) in [5.74, 6) is 0.166. The third-order valence-corrected chi connectivity index (χ3v) is 2.19. The van der Waals surface area contributed by atoms with Gasteiger partial charge in [0.2, 0.25) is 0 Å². The second-order valence-corrected chi connectivity index (χ2v) is 3.33. The van der Waals surface area contributed by atoms with E-state index in [0.717, 1.165) is 5.56 Å². The normalized spacial score (nSPS) is 20.2. The second-order valence-electron chi connectivity index (χ2n) is 3.33. The Morgan fingerprint density at radius 1 is 1.47 bits per heavy atom. The fourth-order valence-electron chi connectivity index (χ4n) is 1.31. The minimum Gasteiger partial charge on any atom is -0.424 e. The molecule has 80 valence electrons. The molecule has 0 radical (unpaired) electrons. The van der Waals surface area contributed by atoms with Gasteiger partial charge in [-0.25, -0.2) is 4.79 Å². The Kier molecular flexibility index (Phi) is 2.99. The van der Waals surface area contributed by atoms with Gasteiger partial charge < -0.3 is 14.2 Å². The Hall–Kier alpha value is -1.39. The third kappa shape index (κ3) is 2.34. The first-order valence-electron chi connectivity index (χ1n) is 4.74. The molecule has 1 aliphatic rings. The van der Waals surface area contributed by atoms with Crippen molar-refractivity contribution in [2.75, 3.05) is 13.4 Å². The summed E-state index contributed by atoms with van der Waals surface area (Å²) >= 11 is 0. The highest BCUT2D eigenvalue weighted by Crippen LogP contribution is 2.17. The molecule has 1 fully saturated rings. The van der Waals surface area contributed by atoms with Crippen LogP contribution in [0.4, 0.5) is 0 Å². The Morgan fingerprint density at radius 3 is 2.93 bits per heavy atom. The quantitative estimate of drug-likeness (QED) is 0.542. The average Bonchev–Trinajstić information content (AvgIpc) is 2.74. The molecule has 0 spiro atoms. The van der Waals surface area contributed by atoms with Crippen molar-refractivity contribution in [1.29, 1.82) is 0 Å². The van der Waals surface area contributed by atoms with Gasteiger partial charge in [-0.1, -0.05) is 18.2 Å². The molecule has 0 aliphatic carbocycles. The smallest absolute Gasteiger partial charge is 0.343 e. The highest BCUT2D eigenvalue weighted by atomic mass is 16.7. The number of carbonyl (C=O) groups excluding carboxylic acids is 1. The molecule has 0 bridgehead atoms. The number of aryl methyl sites for hydroxylation is 1. The van der Waals surface area contributed by atoms with Crippen molar-refractivity contribution in [3.05, 3.63) is 29.8 Å². The van der Waals surface area contributed by atoms with Crippen molar-refractivity contribution in [2.45, 2.75) is 13.0 Å². The topological polar surface area (TPSA) is 44.8 Å². The van der Waals surface area contributed by atoms with Crippen LogP contribution in [-0.2, 0) is 14.3 Å². The summed E-state index contributed by atoms with van der Waals surface area (Å²) in [4.78, 5) is 11.5. The van der Waals surface area contributed by atoms with Crippen LogP contribution in [0.15, 0.2) is 24.3 Å². The summed E-state index contributed by atoms with van der Waals surface area (Å²) in [6.07, 6.45) is -0.593. The van der Waals surface area contributed by atoms with Crippen LogP contribution in [-0.4, -0.2) is 25.5 Å². The highest BCUT2D eigenvalue weighted by Gasteiger charge is 2.26. The summed E-state index contributed by atoms with van der Waals surface area (Å²) < 4.78 is 15.1. The molecule has 0 N–H and O–H groups in total. The van der Waals surface area contributed by atoms with E-state index in [1.54, 1.807) is 6.07 Å². The molecule has 1 aromatic rings. The summed E-state index contributed by atoms with van der Waals surface area (Å²) in [6.45, 7) is 2.31. The van der Waals surface area contributed by atoms with Gasteiger partial charge in [0.15, 0.2) is 6.10 Å². The fraction of sp³-hybridized carbons (Fsp3) is 0.364. The number of hydrogen-bond acceptors (Lipinski definition) is 4. The first-order chi connectivity index (χ1) is 7.27. The van der Waals surface area contributed by atoms with E-state index in [1.807, 2.05) is 25.1 Å². The van der Waals surface area contributed by atoms with Crippen LogP contribution < -0.4 is 4.74 Å². The molecule has 0 amide bonds. The van der Waals surface area contributed by atoms with Gasteiger partial charge in [-0.2, -0.15) is 0 Å². The Morgan fingerprint density at radius 2 is 2.27 bits per heavy atom. The van der Waals surface area contributed by atoms with Crippen LogP contribution in [0.2, 0.25) is 0 Å². The van der Waals surface area contributed by atoms with Gasteiger partial charge in [0.25, 0.3) is 0 Å². The minimum absolute atomic E-state index is 0.160. The SMILES string of the molecule is Cc1ccccc1OC(=O)C1COCO1. The predicted octanol–water partition coefficient (Wildman–Crippen LogP) is 1.27. The number of carbonyl (C=O) groups is 1. The van der Waals surface area contributed by atoms with E-state index in [1.165, 1.54) is 0 Å². The van der Waals surface area contributed by atoms with Crippen LogP contribution in [0.1, 0.15) is 5.56 Å². The van der Waals surface area contributed by atoms with Crippen molar-refractivity contribution in [1.82, 2.24) is 0 Å². The fourth-order valence-corrected chi connectivity index (χ4v) is 1.31. The summed E-state index contributed by atoms with van der Waals surface area (Å²) in [5.41, 5.74) is 0.921. The van der Waals surface area contributed by atoms with E-state index in [-0.39, 0.29) is 13.4 Å². The lowest BCUT2D eigenvalue weighted by Gasteiger charge is -2.09. The van der Waals surface area contributed by atoms with Crippen LogP contribution in [0, 0.1) is 6.92 Å². The molecule has 4 heteroatoms. The van der Waals surface area contributed by atoms with E-state index in [0.29, 0.717) is 5.75 Å². The molecule has 1 unspecified atom stereocenters. The van der Waals surface area contributed by atoms with Crippen molar-refractivity contribution in [3.63, 3.8) is 0 Å². The predicted molar refractivity (Wildman–Crippen MR) is 52.5 cm³/mol. The molecule has 1 saturated heterocycles. The average molecular weight is 208 g/mol. The molecule has 4 nitrogen and oxygen atoms in total. The van der Waals surface area contributed by atoms with Crippen molar-refractivity contribution in [2.24, 2.45) is 0 Å². The second kappa shape index (κ2) is 4.42. The summed E-state index contributed by atoms with van der Waals surface area (Å²) in [5, 5.41) is 0. The van der Waals surface area contributed by atoms with Crippen molar-refractivity contribution in [3.8, 4) is 5.75 Å². The zero-order chi connectivity index (χ0) is 10.7. The molecule has 15 heavy (non-hydrogen) atoms. The lowest BCUT2D eigenvalue weighted by Crippen LogP contribution is -2.27. The Balaban J connectivity index is 2.02. The summed E-state index contributed by atoms with van der Waals surface area (Å²) in [6, 6.07) is 7.35. The maximum atomic E-state index is 11.5. The van der Waals surface area contributed by atoms with Gasteiger partial charge in [0.1, 0.15) is 12.5 Å². The molecule has 1 aromatic carbocycles. The van der Waals surface area contributed by atoms with Crippen LogP contribution in [0.3, 0.4) is 0 Å². The van der Waals surface area contributed by atoms with Gasteiger partial charge in [-0.05, 0) is 18.6 Å². The number of hydrogen-bond donors (Lipinski definition) is 0. The zero-order valence-electron chi connectivity index (χ0n) is 8.43. The monoisotopic (exact) mass is 208 g/mol. The number of esters is 1. The number of benzene rings is 1. The van der Waals surface area contributed by atoms with Gasteiger partial charge in [0.05, 0.1) is 6.61 Å². The van der Waals surface area contributed by atoms with Crippen molar-refractivity contribution < 1.29 is 19.0 Å². The van der Waals surface area contributed by atoms with E-state index in [9.17, 15) is 4.79 Å². The van der Waals surface area contributed by atoms with E-state index >= 15 is 0 Å². The molecule has 1 atom stereocenters. The van der Waals surface area contributed by atoms with Crippen LogP contribution >= 0.6 is 0 Å². The maximum absolute atomic E-state index is 11.5. The van der Waals surface area contributed by atoms with Gasteiger partial charge >= 0.3 is 5.97 Å². The number of para-hydroxylation sites is 1. The molecule has 0 saturated carbocycles. The van der Waals surface area contributed by atoms with E-state index < -0.39 is 12.1 Å². The van der Waals surface area contributed by atoms with Gasteiger partial charge in [0, 0.05) is 0 Å². The third-order valence-electron chi connectivity index (χ3n) is 2.19. The van der Waals surface area contributed by atoms with Gasteiger partial charge in [-0.15, -0.1) is 0 Å². The molecule has 1 aliphatic heterocycles. The highest BCUT2D eigenvalue weighted by molar-refractivity contribution is 5.77. The molecule has 0 aromatic heterocycles. The molecule has 2 rings (SSSR count). The first kappa shape index (κ1) is 10.1. The summed E-state index contributed by atoms with van der Waals surface area (Å²) in [7, 11) is 0. The molecular formula is C11H12O4. The number of ether oxygens (including phenoxy) is 3. The Bertz CT molecular complexity index is 355. The van der Waals surface area contributed by atoms with Crippen molar-refractivity contribution >= 4 is 5.97 Å². The minimum atomic E-state index is -0.593. The molecule has 1 heterocycles.